The number of benzene rings is 3. The van der Waals surface area contributed by atoms with Gasteiger partial charge in [-0.05, 0) is 54.2 Å². The summed E-state index contributed by atoms with van der Waals surface area (Å²) < 4.78 is 54.3. The van der Waals surface area contributed by atoms with Crippen molar-refractivity contribution in [3.05, 3.63) is 83.7 Å². The first kappa shape index (κ1) is 26.0. The SMILES string of the molecule is CCCCCC1CCC(C=Cc2ccc(-c3ccc(-c4ccc(OC)c(F)c4F)cc3)c(F)c2)CO1. The van der Waals surface area contributed by atoms with Gasteiger partial charge >= 0.3 is 0 Å². The lowest BCUT2D eigenvalue weighted by Crippen LogP contribution is -2.24. The summed E-state index contributed by atoms with van der Waals surface area (Å²) in [6, 6.07) is 14.8. The molecule has 4 rings (SSSR count). The summed E-state index contributed by atoms with van der Waals surface area (Å²) in [6.45, 7) is 2.93. The van der Waals surface area contributed by atoms with Crippen LogP contribution in [0.1, 0.15) is 51.0 Å². The second-order valence-corrected chi connectivity index (χ2v) is 9.41. The van der Waals surface area contributed by atoms with Crippen molar-refractivity contribution in [2.45, 2.75) is 51.6 Å². The van der Waals surface area contributed by atoms with E-state index >= 15 is 0 Å². The van der Waals surface area contributed by atoms with E-state index in [2.05, 4.69) is 13.0 Å². The van der Waals surface area contributed by atoms with E-state index in [0.29, 0.717) is 28.7 Å². The van der Waals surface area contributed by atoms with E-state index in [9.17, 15) is 13.2 Å². The van der Waals surface area contributed by atoms with Gasteiger partial charge in [0, 0.05) is 17.0 Å². The minimum atomic E-state index is -1.03. The van der Waals surface area contributed by atoms with Crippen LogP contribution in [0.25, 0.3) is 28.3 Å². The zero-order valence-electron chi connectivity index (χ0n) is 20.9. The van der Waals surface area contributed by atoms with Gasteiger partial charge in [0.25, 0.3) is 0 Å². The van der Waals surface area contributed by atoms with E-state index in [4.69, 9.17) is 9.47 Å². The first-order chi connectivity index (χ1) is 17.5. The van der Waals surface area contributed by atoms with Gasteiger partial charge in [-0.25, -0.2) is 8.78 Å². The molecule has 0 radical (unpaired) electrons. The fraction of sp³-hybridized carbons (Fsp3) is 0.355. The molecular weight excluding hydrogens is 461 g/mol. The zero-order valence-corrected chi connectivity index (χ0v) is 20.9. The molecule has 5 heteroatoms. The van der Waals surface area contributed by atoms with Gasteiger partial charge in [-0.15, -0.1) is 0 Å². The lowest BCUT2D eigenvalue weighted by atomic mass is 9.94. The third kappa shape index (κ3) is 6.19. The minimum Gasteiger partial charge on any atom is -0.494 e. The van der Waals surface area contributed by atoms with Crippen LogP contribution in [0.4, 0.5) is 13.2 Å². The standard InChI is InChI=1S/C31H33F3O2/c1-3-4-5-6-25-15-9-22(20-36-25)8-7-21-10-16-26(28(32)19-21)23-11-13-24(14-12-23)27-17-18-29(35-2)31(34)30(27)33/h7-8,10-14,16-19,22,25H,3-6,9,15,20H2,1-2H3. The Morgan fingerprint density at radius 1 is 0.889 bits per heavy atom. The average Bonchev–Trinajstić information content (AvgIpc) is 2.90. The van der Waals surface area contributed by atoms with Crippen LogP contribution in [0.2, 0.25) is 0 Å². The topological polar surface area (TPSA) is 18.5 Å². The molecule has 1 heterocycles. The smallest absolute Gasteiger partial charge is 0.201 e. The molecule has 2 nitrogen and oxygen atoms in total. The number of hydrogen-bond acceptors (Lipinski definition) is 2. The molecule has 3 aromatic carbocycles. The highest BCUT2D eigenvalue weighted by Gasteiger charge is 2.19. The summed E-state index contributed by atoms with van der Waals surface area (Å²) in [7, 11) is 1.29. The highest BCUT2D eigenvalue weighted by molar-refractivity contribution is 5.72. The van der Waals surface area contributed by atoms with Gasteiger partial charge in [-0.1, -0.05) is 74.7 Å². The molecule has 1 fully saturated rings. The molecule has 36 heavy (non-hydrogen) atoms. The minimum absolute atomic E-state index is 0.125. The van der Waals surface area contributed by atoms with Crippen LogP contribution in [-0.2, 0) is 4.74 Å². The quantitative estimate of drug-likeness (QED) is 0.277. The Morgan fingerprint density at radius 2 is 1.61 bits per heavy atom. The maximum Gasteiger partial charge on any atom is 0.201 e. The van der Waals surface area contributed by atoms with Crippen LogP contribution >= 0.6 is 0 Å². The van der Waals surface area contributed by atoms with Gasteiger partial charge in [0.15, 0.2) is 11.6 Å². The van der Waals surface area contributed by atoms with Crippen molar-refractivity contribution in [3.8, 4) is 28.0 Å². The molecule has 0 spiro atoms. The monoisotopic (exact) mass is 494 g/mol. The van der Waals surface area contributed by atoms with Gasteiger partial charge in [0.2, 0.25) is 5.82 Å². The summed E-state index contributed by atoms with van der Waals surface area (Å²) in [4.78, 5) is 0. The predicted octanol–water partition coefficient (Wildman–Crippen LogP) is 8.84. The fourth-order valence-electron chi connectivity index (χ4n) is 4.69. The molecular formula is C31H33F3O2. The van der Waals surface area contributed by atoms with Crippen LogP contribution in [0, 0.1) is 23.4 Å². The first-order valence-corrected chi connectivity index (χ1v) is 12.7. The molecule has 1 aliphatic heterocycles. The second-order valence-electron chi connectivity index (χ2n) is 9.41. The molecule has 2 unspecified atom stereocenters. The van der Waals surface area contributed by atoms with E-state index < -0.39 is 11.6 Å². The summed E-state index contributed by atoms with van der Waals surface area (Å²) in [5.41, 5.74) is 2.54. The van der Waals surface area contributed by atoms with E-state index in [0.717, 1.165) is 31.4 Å². The molecule has 0 amide bonds. The van der Waals surface area contributed by atoms with Crippen molar-refractivity contribution in [1.29, 1.82) is 0 Å². The molecule has 1 saturated heterocycles. The van der Waals surface area contributed by atoms with E-state index in [1.807, 2.05) is 12.1 Å². The Labute approximate surface area is 211 Å². The predicted molar refractivity (Wildman–Crippen MR) is 139 cm³/mol. The van der Waals surface area contributed by atoms with E-state index in [1.54, 1.807) is 30.3 Å². The van der Waals surface area contributed by atoms with Crippen molar-refractivity contribution in [3.63, 3.8) is 0 Å². The molecule has 0 N–H and O–H groups in total. The number of ether oxygens (including phenoxy) is 2. The fourth-order valence-corrected chi connectivity index (χ4v) is 4.69. The molecule has 0 bridgehead atoms. The first-order valence-electron chi connectivity index (χ1n) is 12.7. The summed E-state index contributed by atoms with van der Waals surface area (Å²) >= 11 is 0. The van der Waals surface area contributed by atoms with Crippen LogP contribution in [0.5, 0.6) is 5.75 Å². The average molecular weight is 495 g/mol. The highest BCUT2D eigenvalue weighted by atomic mass is 19.2. The number of rotatable bonds is 9. The Hall–Kier alpha value is -3.05. The number of hydrogen-bond donors (Lipinski definition) is 0. The van der Waals surface area contributed by atoms with E-state index in [-0.39, 0.29) is 17.1 Å². The molecule has 0 aliphatic carbocycles. The van der Waals surface area contributed by atoms with Crippen LogP contribution in [0.3, 0.4) is 0 Å². The molecule has 0 saturated carbocycles. The summed E-state index contributed by atoms with van der Waals surface area (Å²) in [5.74, 6) is -2.12. The van der Waals surface area contributed by atoms with Crippen LogP contribution < -0.4 is 4.74 Å². The molecule has 190 valence electrons. The van der Waals surface area contributed by atoms with Gasteiger partial charge in [0.1, 0.15) is 5.82 Å². The Kier molecular flexibility index (Phi) is 8.87. The van der Waals surface area contributed by atoms with Crippen LogP contribution in [0.15, 0.2) is 60.7 Å². The Morgan fingerprint density at radius 3 is 2.25 bits per heavy atom. The normalized spacial score (nSPS) is 18.0. The molecule has 0 aromatic heterocycles. The van der Waals surface area contributed by atoms with Crippen LogP contribution in [-0.4, -0.2) is 19.8 Å². The van der Waals surface area contributed by atoms with Crippen molar-refractivity contribution >= 4 is 6.08 Å². The molecule has 3 aromatic rings. The maximum absolute atomic E-state index is 14.9. The lowest BCUT2D eigenvalue weighted by molar-refractivity contribution is -0.00915. The highest BCUT2D eigenvalue weighted by Crippen LogP contribution is 2.32. The van der Waals surface area contributed by atoms with Gasteiger partial charge in [0.05, 0.1) is 19.8 Å². The zero-order chi connectivity index (χ0) is 25.5. The number of methoxy groups -OCH3 is 1. The van der Waals surface area contributed by atoms with Crippen molar-refractivity contribution in [1.82, 2.24) is 0 Å². The Bertz CT molecular complexity index is 1180. The van der Waals surface area contributed by atoms with Gasteiger partial charge in [-0.3, -0.25) is 0 Å². The summed E-state index contributed by atoms with van der Waals surface area (Å²) in [6.07, 6.45) is 11.5. The van der Waals surface area contributed by atoms with Gasteiger partial charge in [-0.2, -0.15) is 4.39 Å². The largest absolute Gasteiger partial charge is 0.494 e. The maximum atomic E-state index is 14.9. The third-order valence-electron chi connectivity index (χ3n) is 6.86. The summed E-state index contributed by atoms with van der Waals surface area (Å²) in [5, 5.41) is 0. The number of halogens is 3. The van der Waals surface area contributed by atoms with Crippen molar-refractivity contribution < 1.29 is 22.6 Å². The molecule has 2 atom stereocenters. The van der Waals surface area contributed by atoms with E-state index in [1.165, 1.54) is 44.6 Å². The lowest BCUT2D eigenvalue weighted by Gasteiger charge is -2.27. The van der Waals surface area contributed by atoms with Crippen molar-refractivity contribution in [2.75, 3.05) is 13.7 Å². The second kappa shape index (κ2) is 12.3. The van der Waals surface area contributed by atoms with Gasteiger partial charge < -0.3 is 9.47 Å². The number of unbranched alkanes of at least 4 members (excludes halogenated alkanes) is 2. The molecule has 1 aliphatic rings. The Balaban J connectivity index is 1.40. The van der Waals surface area contributed by atoms with Crippen molar-refractivity contribution in [2.24, 2.45) is 5.92 Å². The third-order valence-corrected chi connectivity index (χ3v) is 6.86.